The molecular formula is C7H13NO3. The molecule has 11 heavy (non-hydrogen) atoms. The lowest BCUT2D eigenvalue weighted by Crippen LogP contribution is -2.43. The molecule has 1 rings (SSSR count). The van der Waals surface area contributed by atoms with Crippen LogP contribution in [0.1, 0.15) is 6.92 Å². The van der Waals surface area contributed by atoms with Gasteiger partial charge in [0, 0.05) is 13.1 Å². The van der Waals surface area contributed by atoms with E-state index in [0.29, 0.717) is 19.8 Å². The molecule has 0 aromatic carbocycles. The van der Waals surface area contributed by atoms with Gasteiger partial charge in [0.15, 0.2) is 6.10 Å². The molecule has 1 heterocycles. The summed E-state index contributed by atoms with van der Waals surface area (Å²) in [5, 5.41) is 3.05. The fraction of sp³-hybridized carbons (Fsp3) is 0.857. The van der Waals surface area contributed by atoms with E-state index >= 15 is 0 Å². The van der Waals surface area contributed by atoms with Crippen LogP contribution < -0.4 is 5.32 Å². The van der Waals surface area contributed by atoms with E-state index in [2.05, 4.69) is 5.32 Å². The number of carbonyl (C=O) groups excluding carboxylic acids is 1. The lowest BCUT2D eigenvalue weighted by atomic mass is 10.3. The van der Waals surface area contributed by atoms with E-state index in [4.69, 9.17) is 9.47 Å². The lowest BCUT2D eigenvalue weighted by molar-refractivity contribution is -0.158. The summed E-state index contributed by atoms with van der Waals surface area (Å²) in [7, 11) is 0. The van der Waals surface area contributed by atoms with Gasteiger partial charge in [0.2, 0.25) is 0 Å². The van der Waals surface area contributed by atoms with E-state index in [0.717, 1.165) is 6.54 Å². The second-order valence-electron chi connectivity index (χ2n) is 2.32. The molecule has 0 unspecified atom stereocenters. The van der Waals surface area contributed by atoms with Crippen molar-refractivity contribution < 1.29 is 14.3 Å². The molecule has 1 aliphatic rings. The van der Waals surface area contributed by atoms with Crippen molar-refractivity contribution in [3.63, 3.8) is 0 Å². The first-order valence-corrected chi connectivity index (χ1v) is 3.83. The van der Waals surface area contributed by atoms with Crippen LogP contribution in [0, 0.1) is 0 Å². The first kappa shape index (κ1) is 8.49. The van der Waals surface area contributed by atoms with Gasteiger partial charge in [-0.2, -0.15) is 0 Å². The number of morpholine rings is 1. The van der Waals surface area contributed by atoms with E-state index in [1.807, 2.05) is 0 Å². The van der Waals surface area contributed by atoms with Crippen LogP contribution in [0.5, 0.6) is 0 Å². The number of carbonyl (C=O) groups is 1. The molecule has 1 aliphatic heterocycles. The highest BCUT2D eigenvalue weighted by Crippen LogP contribution is 1.98. The van der Waals surface area contributed by atoms with Crippen molar-refractivity contribution in [3.8, 4) is 0 Å². The summed E-state index contributed by atoms with van der Waals surface area (Å²) in [6, 6.07) is 0. The van der Waals surface area contributed by atoms with Gasteiger partial charge >= 0.3 is 5.97 Å². The predicted molar refractivity (Wildman–Crippen MR) is 39.2 cm³/mol. The van der Waals surface area contributed by atoms with Gasteiger partial charge in [0.25, 0.3) is 0 Å². The van der Waals surface area contributed by atoms with Gasteiger partial charge in [-0.1, -0.05) is 0 Å². The van der Waals surface area contributed by atoms with Crippen LogP contribution in [0.15, 0.2) is 0 Å². The van der Waals surface area contributed by atoms with Crippen LogP contribution in [0.25, 0.3) is 0 Å². The topological polar surface area (TPSA) is 47.6 Å². The number of rotatable bonds is 2. The molecular weight excluding hydrogens is 146 g/mol. The first-order valence-electron chi connectivity index (χ1n) is 3.83. The van der Waals surface area contributed by atoms with Crippen molar-refractivity contribution in [2.24, 2.45) is 0 Å². The minimum atomic E-state index is -0.399. The number of ether oxygens (including phenoxy) is 2. The molecule has 0 bridgehead atoms. The molecule has 1 N–H and O–H groups in total. The van der Waals surface area contributed by atoms with Gasteiger partial charge in [-0.3, -0.25) is 0 Å². The maximum Gasteiger partial charge on any atom is 0.336 e. The first-order chi connectivity index (χ1) is 5.34. The number of hydrogen-bond acceptors (Lipinski definition) is 4. The normalized spacial score (nSPS) is 24.6. The fourth-order valence-electron chi connectivity index (χ4n) is 0.952. The highest BCUT2D eigenvalue weighted by atomic mass is 16.6. The average molecular weight is 159 g/mol. The maximum absolute atomic E-state index is 11.0. The lowest BCUT2D eigenvalue weighted by Gasteiger charge is -2.21. The third-order valence-corrected chi connectivity index (χ3v) is 1.48. The van der Waals surface area contributed by atoms with Crippen LogP contribution in [0.3, 0.4) is 0 Å². The highest BCUT2D eigenvalue weighted by molar-refractivity contribution is 5.75. The monoisotopic (exact) mass is 159 g/mol. The number of hydrogen-bond donors (Lipinski definition) is 1. The Kier molecular flexibility index (Phi) is 3.32. The van der Waals surface area contributed by atoms with E-state index in [1.165, 1.54) is 0 Å². The fourth-order valence-corrected chi connectivity index (χ4v) is 0.952. The van der Waals surface area contributed by atoms with Crippen LogP contribution in [0.4, 0.5) is 0 Å². The molecule has 4 nitrogen and oxygen atoms in total. The Morgan fingerprint density at radius 1 is 1.82 bits per heavy atom. The van der Waals surface area contributed by atoms with Crippen molar-refractivity contribution in [1.82, 2.24) is 5.32 Å². The van der Waals surface area contributed by atoms with Crippen LogP contribution in [-0.4, -0.2) is 38.4 Å². The zero-order valence-electron chi connectivity index (χ0n) is 6.63. The zero-order valence-corrected chi connectivity index (χ0v) is 6.63. The summed E-state index contributed by atoms with van der Waals surface area (Å²) >= 11 is 0. The molecule has 1 atom stereocenters. The number of esters is 1. The molecule has 0 saturated carbocycles. The Bertz CT molecular complexity index is 132. The Balaban J connectivity index is 2.27. The van der Waals surface area contributed by atoms with Crippen molar-refractivity contribution in [2.75, 3.05) is 26.3 Å². The largest absolute Gasteiger partial charge is 0.464 e. The Hall–Kier alpha value is -0.610. The molecule has 1 fully saturated rings. The maximum atomic E-state index is 11.0. The molecule has 64 valence electrons. The summed E-state index contributed by atoms with van der Waals surface area (Å²) in [5.41, 5.74) is 0. The van der Waals surface area contributed by atoms with Crippen LogP contribution in [0.2, 0.25) is 0 Å². The molecule has 0 aromatic heterocycles. The van der Waals surface area contributed by atoms with Crippen molar-refractivity contribution >= 4 is 5.97 Å². The summed E-state index contributed by atoms with van der Waals surface area (Å²) in [5.74, 6) is -0.264. The van der Waals surface area contributed by atoms with Gasteiger partial charge in [0.05, 0.1) is 13.2 Å². The molecule has 0 aliphatic carbocycles. The smallest absolute Gasteiger partial charge is 0.336 e. The highest BCUT2D eigenvalue weighted by Gasteiger charge is 2.22. The summed E-state index contributed by atoms with van der Waals surface area (Å²) in [6.07, 6.45) is -0.399. The van der Waals surface area contributed by atoms with Gasteiger partial charge in [-0.05, 0) is 6.92 Å². The van der Waals surface area contributed by atoms with Gasteiger partial charge in [-0.25, -0.2) is 4.79 Å². The second-order valence-corrected chi connectivity index (χ2v) is 2.32. The van der Waals surface area contributed by atoms with Gasteiger partial charge in [-0.15, -0.1) is 0 Å². The SMILES string of the molecule is CCOC(=O)[C@@H]1CNCCO1. The predicted octanol–water partition coefficient (Wildman–Crippen LogP) is -0.462. The summed E-state index contributed by atoms with van der Waals surface area (Å²) in [6.45, 7) is 4.17. The summed E-state index contributed by atoms with van der Waals surface area (Å²) < 4.78 is 9.93. The average Bonchev–Trinajstić information content (AvgIpc) is 2.07. The van der Waals surface area contributed by atoms with Gasteiger partial charge < -0.3 is 14.8 Å². The molecule has 4 heteroatoms. The molecule has 0 aromatic rings. The van der Waals surface area contributed by atoms with E-state index in [9.17, 15) is 4.79 Å². The Morgan fingerprint density at radius 2 is 2.64 bits per heavy atom. The van der Waals surface area contributed by atoms with E-state index < -0.39 is 6.10 Å². The second kappa shape index (κ2) is 4.31. The molecule has 0 amide bonds. The van der Waals surface area contributed by atoms with E-state index in [1.54, 1.807) is 6.92 Å². The van der Waals surface area contributed by atoms with Crippen molar-refractivity contribution in [1.29, 1.82) is 0 Å². The minimum absolute atomic E-state index is 0.264. The van der Waals surface area contributed by atoms with Crippen LogP contribution >= 0.6 is 0 Å². The molecule has 0 radical (unpaired) electrons. The molecule has 0 spiro atoms. The van der Waals surface area contributed by atoms with Gasteiger partial charge in [0.1, 0.15) is 0 Å². The Morgan fingerprint density at radius 3 is 3.18 bits per heavy atom. The minimum Gasteiger partial charge on any atom is -0.464 e. The van der Waals surface area contributed by atoms with E-state index in [-0.39, 0.29) is 5.97 Å². The summed E-state index contributed by atoms with van der Waals surface area (Å²) in [4.78, 5) is 11.0. The zero-order chi connectivity index (χ0) is 8.10. The standard InChI is InChI=1S/C7H13NO3/c1-2-10-7(9)6-5-8-3-4-11-6/h6,8H,2-5H2,1H3/t6-/m0/s1. The quantitative estimate of drug-likeness (QED) is 0.554. The van der Waals surface area contributed by atoms with Crippen LogP contribution in [-0.2, 0) is 14.3 Å². The third kappa shape index (κ3) is 2.48. The van der Waals surface area contributed by atoms with Crippen molar-refractivity contribution in [2.45, 2.75) is 13.0 Å². The Labute approximate surface area is 65.9 Å². The number of nitrogens with one attached hydrogen (secondary N) is 1. The van der Waals surface area contributed by atoms with Crippen molar-refractivity contribution in [3.05, 3.63) is 0 Å². The third-order valence-electron chi connectivity index (χ3n) is 1.48. The molecule has 1 saturated heterocycles.